The van der Waals surface area contributed by atoms with Crippen LogP contribution in [0, 0.1) is 0 Å². The Hall–Kier alpha value is -2.09. The van der Waals surface area contributed by atoms with Gasteiger partial charge < -0.3 is 5.11 Å². The van der Waals surface area contributed by atoms with Gasteiger partial charge in [0.1, 0.15) is 0 Å². The second-order valence-corrected chi connectivity index (χ2v) is 3.89. The van der Waals surface area contributed by atoms with E-state index in [4.69, 9.17) is 16.7 Å². The first-order valence-corrected chi connectivity index (χ1v) is 5.19. The summed E-state index contributed by atoms with van der Waals surface area (Å²) in [6, 6.07) is 1.88. The molecular weight excluding hydrogens is 287 g/mol. The summed E-state index contributed by atoms with van der Waals surface area (Å²) in [4.78, 5) is 14.2. The fourth-order valence-corrected chi connectivity index (χ4v) is 1.56. The molecule has 0 aliphatic carbocycles. The van der Waals surface area contributed by atoms with Crippen molar-refractivity contribution >= 4 is 17.6 Å². The molecule has 0 atom stereocenters. The average Bonchev–Trinajstić information content (AvgIpc) is 2.76. The van der Waals surface area contributed by atoms with Crippen LogP contribution in [0.15, 0.2) is 24.5 Å². The highest BCUT2D eigenvalue weighted by molar-refractivity contribution is 6.32. The van der Waals surface area contributed by atoms with Crippen molar-refractivity contribution in [3.05, 3.63) is 40.8 Å². The maximum atomic E-state index is 12.4. The quantitative estimate of drug-likeness (QED) is 0.923. The van der Waals surface area contributed by atoms with Crippen molar-refractivity contribution in [2.75, 3.05) is 0 Å². The summed E-state index contributed by atoms with van der Waals surface area (Å²) in [7, 11) is 0. The Bertz CT molecular complexity index is 639. The highest BCUT2D eigenvalue weighted by Crippen LogP contribution is 2.31. The molecule has 0 aromatic carbocycles. The summed E-state index contributed by atoms with van der Waals surface area (Å²) in [5.74, 6) is -1.34. The summed E-state index contributed by atoms with van der Waals surface area (Å²) in [6.07, 6.45) is -2.71. The SMILES string of the molecule is O=C(O)c1ccn(-c2ncc(C(F)(F)F)cc2Cl)n1. The van der Waals surface area contributed by atoms with Crippen LogP contribution in [0.2, 0.25) is 5.02 Å². The molecule has 2 rings (SSSR count). The van der Waals surface area contributed by atoms with Gasteiger partial charge in [0.05, 0.1) is 10.6 Å². The van der Waals surface area contributed by atoms with Crippen LogP contribution in [0.3, 0.4) is 0 Å². The molecule has 5 nitrogen and oxygen atoms in total. The first-order chi connectivity index (χ1) is 8.79. The van der Waals surface area contributed by atoms with Gasteiger partial charge in [0.25, 0.3) is 0 Å². The monoisotopic (exact) mass is 291 g/mol. The van der Waals surface area contributed by atoms with Crippen LogP contribution in [0.25, 0.3) is 5.82 Å². The molecule has 0 fully saturated rings. The van der Waals surface area contributed by atoms with E-state index < -0.39 is 17.7 Å². The van der Waals surface area contributed by atoms with Gasteiger partial charge in [-0.1, -0.05) is 11.6 Å². The van der Waals surface area contributed by atoms with Crippen LogP contribution in [-0.4, -0.2) is 25.8 Å². The lowest BCUT2D eigenvalue weighted by atomic mass is 10.3. The fraction of sp³-hybridized carbons (Fsp3) is 0.100. The van der Waals surface area contributed by atoms with E-state index in [9.17, 15) is 18.0 Å². The molecular formula is C10H5ClF3N3O2. The maximum Gasteiger partial charge on any atom is 0.417 e. The van der Waals surface area contributed by atoms with Gasteiger partial charge >= 0.3 is 12.1 Å². The molecule has 1 N–H and O–H groups in total. The van der Waals surface area contributed by atoms with Crippen LogP contribution in [0.1, 0.15) is 16.1 Å². The van der Waals surface area contributed by atoms with Gasteiger partial charge in [-0.05, 0) is 12.1 Å². The standard InChI is InChI=1S/C10H5ClF3N3O2/c11-6-3-5(10(12,13)14)4-15-8(6)17-2-1-7(16-17)9(18)19/h1-4H,(H,18,19). The molecule has 0 radical (unpaired) electrons. The predicted octanol–water partition coefficient (Wildman–Crippen LogP) is 2.64. The van der Waals surface area contributed by atoms with Crippen LogP contribution in [0.5, 0.6) is 0 Å². The fourth-order valence-electron chi connectivity index (χ4n) is 1.31. The van der Waals surface area contributed by atoms with Crippen molar-refractivity contribution in [1.29, 1.82) is 0 Å². The van der Waals surface area contributed by atoms with Crippen LogP contribution < -0.4 is 0 Å². The van der Waals surface area contributed by atoms with E-state index in [-0.39, 0.29) is 16.5 Å². The minimum Gasteiger partial charge on any atom is -0.476 e. The zero-order valence-electron chi connectivity index (χ0n) is 9.02. The molecule has 0 spiro atoms. The van der Waals surface area contributed by atoms with Crippen molar-refractivity contribution < 1.29 is 23.1 Å². The molecule has 0 saturated heterocycles. The number of halogens is 4. The minimum atomic E-state index is -4.55. The summed E-state index contributed by atoms with van der Waals surface area (Å²) < 4.78 is 38.2. The van der Waals surface area contributed by atoms with Crippen molar-refractivity contribution in [3.8, 4) is 5.82 Å². The van der Waals surface area contributed by atoms with Gasteiger partial charge in [-0.25, -0.2) is 14.5 Å². The Labute approximate surface area is 109 Å². The molecule has 19 heavy (non-hydrogen) atoms. The summed E-state index contributed by atoms with van der Waals surface area (Å²) in [6.45, 7) is 0. The highest BCUT2D eigenvalue weighted by Gasteiger charge is 2.31. The van der Waals surface area contributed by atoms with E-state index in [1.165, 1.54) is 12.3 Å². The molecule has 2 heterocycles. The zero-order chi connectivity index (χ0) is 14.2. The number of aromatic nitrogens is 3. The summed E-state index contributed by atoms with van der Waals surface area (Å²) >= 11 is 5.69. The normalized spacial score (nSPS) is 11.6. The van der Waals surface area contributed by atoms with Crippen molar-refractivity contribution in [3.63, 3.8) is 0 Å². The lowest BCUT2D eigenvalue weighted by Crippen LogP contribution is -2.08. The molecule has 0 amide bonds. The number of alkyl halides is 3. The highest BCUT2D eigenvalue weighted by atomic mass is 35.5. The van der Waals surface area contributed by atoms with Gasteiger partial charge in [-0.2, -0.15) is 18.3 Å². The van der Waals surface area contributed by atoms with E-state index in [1.54, 1.807) is 0 Å². The van der Waals surface area contributed by atoms with Gasteiger partial charge in [0, 0.05) is 12.4 Å². The molecule has 100 valence electrons. The van der Waals surface area contributed by atoms with Gasteiger partial charge in [0.2, 0.25) is 0 Å². The second-order valence-electron chi connectivity index (χ2n) is 3.48. The lowest BCUT2D eigenvalue weighted by molar-refractivity contribution is -0.137. The van der Waals surface area contributed by atoms with E-state index in [2.05, 4.69) is 10.1 Å². The summed E-state index contributed by atoms with van der Waals surface area (Å²) in [5.41, 5.74) is -1.26. The lowest BCUT2D eigenvalue weighted by Gasteiger charge is -2.08. The molecule has 2 aromatic heterocycles. The number of hydrogen-bond donors (Lipinski definition) is 1. The molecule has 2 aromatic rings. The first-order valence-electron chi connectivity index (χ1n) is 4.81. The molecule has 0 aliphatic rings. The molecule has 0 unspecified atom stereocenters. The van der Waals surface area contributed by atoms with Crippen LogP contribution in [-0.2, 0) is 6.18 Å². The Balaban J connectivity index is 2.43. The van der Waals surface area contributed by atoms with Gasteiger partial charge in [0.15, 0.2) is 11.5 Å². The Morgan fingerprint density at radius 1 is 1.42 bits per heavy atom. The van der Waals surface area contributed by atoms with Crippen molar-refractivity contribution in [1.82, 2.24) is 14.8 Å². The van der Waals surface area contributed by atoms with Crippen LogP contribution >= 0.6 is 11.6 Å². The average molecular weight is 292 g/mol. The Morgan fingerprint density at radius 3 is 2.58 bits per heavy atom. The maximum absolute atomic E-state index is 12.4. The second kappa shape index (κ2) is 4.54. The topological polar surface area (TPSA) is 68.0 Å². The number of aromatic carboxylic acids is 1. The number of rotatable bonds is 2. The summed E-state index contributed by atoms with van der Waals surface area (Å²) in [5, 5.41) is 12.0. The third kappa shape index (κ3) is 2.68. The number of carboxylic acids is 1. The van der Waals surface area contributed by atoms with E-state index in [1.807, 2.05) is 0 Å². The number of hydrogen-bond acceptors (Lipinski definition) is 3. The van der Waals surface area contributed by atoms with E-state index in [0.717, 1.165) is 4.68 Å². The molecule has 0 saturated carbocycles. The van der Waals surface area contributed by atoms with E-state index >= 15 is 0 Å². The van der Waals surface area contributed by atoms with Crippen LogP contribution in [0.4, 0.5) is 13.2 Å². The van der Waals surface area contributed by atoms with Gasteiger partial charge in [-0.15, -0.1) is 0 Å². The van der Waals surface area contributed by atoms with Gasteiger partial charge in [-0.3, -0.25) is 0 Å². The van der Waals surface area contributed by atoms with Crippen molar-refractivity contribution in [2.24, 2.45) is 0 Å². The third-order valence-corrected chi connectivity index (χ3v) is 2.45. The first kappa shape index (κ1) is 13.3. The molecule has 9 heteroatoms. The Kier molecular flexibility index (Phi) is 3.19. The Morgan fingerprint density at radius 2 is 2.11 bits per heavy atom. The van der Waals surface area contributed by atoms with Crippen molar-refractivity contribution in [2.45, 2.75) is 6.18 Å². The third-order valence-electron chi connectivity index (χ3n) is 2.17. The van der Waals surface area contributed by atoms with E-state index in [0.29, 0.717) is 12.3 Å². The number of pyridine rings is 1. The predicted molar refractivity (Wildman–Crippen MR) is 58.3 cm³/mol. The largest absolute Gasteiger partial charge is 0.476 e. The smallest absolute Gasteiger partial charge is 0.417 e. The molecule has 0 aliphatic heterocycles. The number of carbonyl (C=O) groups is 1. The minimum absolute atomic E-state index is 0.0813. The zero-order valence-corrected chi connectivity index (χ0v) is 9.77. The molecule has 0 bridgehead atoms. The number of nitrogens with zero attached hydrogens (tertiary/aromatic N) is 3. The number of carboxylic acid groups (broad SMARTS) is 1.